The molecule has 1 aromatic heterocycles. The number of nitrogens with zero attached hydrogens (tertiary/aromatic N) is 1. The minimum Gasteiger partial charge on any atom is -0.469 e. The Hall–Kier alpha value is -2.19. The van der Waals surface area contributed by atoms with Gasteiger partial charge in [0.1, 0.15) is 5.75 Å². The van der Waals surface area contributed by atoms with E-state index in [0.29, 0.717) is 5.39 Å². The molecule has 0 aliphatic carbocycles. The molecule has 0 aliphatic rings. The van der Waals surface area contributed by atoms with Gasteiger partial charge in [0.05, 0.1) is 5.69 Å². The molecule has 0 spiro atoms. The van der Waals surface area contributed by atoms with Crippen molar-refractivity contribution < 1.29 is 31.1 Å². The van der Waals surface area contributed by atoms with Gasteiger partial charge in [0.2, 0.25) is 0 Å². The van der Waals surface area contributed by atoms with Crippen LogP contribution < -0.4 is 10.5 Å². The summed E-state index contributed by atoms with van der Waals surface area (Å²) in [5, 5.41) is 0.725. The number of benzene rings is 1. The van der Waals surface area contributed by atoms with Crippen molar-refractivity contribution in [2.75, 3.05) is 5.73 Å². The first-order chi connectivity index (χ1) is 9.60. The van der Waals surface area contributed by atoms with Gasteiger partial charge in [-0.15, -0.1) is 0 Å². The van der Waals surface area contributed by atoms with E-state index in [0.717, 1.165) is 6.07 Å². The normalized spacial score (nSPS) is 12.9. The zero-order valence-electron chi connectivity index (χ0n) is 10.2. The van der Waals surface area contributed by atoms with E-state index in [-0.39, 0.29) is 11.1 Å². The van der Waals surface area contributed by atoms with Crippen molar-refractivity contribution in [2.24, 2.45) is 0 Å². The van der Waals surface area contributed by atoms with Crippen LogP contribution in [-0.2, 0) is 0 Å². The highest BCUT2D eigenvalue weighted by molar-refractivity contribution is 5.95. The number of nitrogens with two attached hydrogens (primary N) is 1. The highest BCUT2D eigenvalue weighted by Crippen LogP contribution is 2.39. The number of anilines is 1. The monoisotopic (exact) mass is 310 g/mol. The molecular weight excluding hydrogens is 302 g/mol. The van der Waals surface area contributed by atoms with Crippen molar-refractivity contribution in [3.05, 3.63) is 30.6 Å². The predicted molar refractivity (Wildman–Crippen MR) is 62.7 cm³/mol. The lowest BCUT2D eigenvalue weighted by Gasteiger charge is -2.24. The van der Waals surface area contributed by atoms with E-state index in [4.69, 9.17) is 5.73 Å². The molecule has 0 radical (unpaired) electrons. The van der Waals surface area contributed by atoms with Gasteiger partial charge in [-0.2, -0.15) is 26.3 Å². The van der Waals surface area contributed by atoms with E-state index < -0.39 is 24.2 Å². The van der Waals surface area contributed by atoms with Crippen molar-refractivity contribution in [1.82, 2.24) is 4.98 Å². The molecule has 0 unspecified atom stereocenters. The summed E-state index contributed by atoms with van der Waals surface area (Å²) < 4.78 is 78.8. The topological polar surface area (TPSA) is 48.1 Å². The van der Waals surface area contributed by atoms with E-state index in [9.17, 15) is 26.3 Å². The fourth-order valence-electron chi connectivity index (χ4n) is 1.72. The van der Waals surface area contributed by atoms with Crippen LogP contribution in [0.1, 0.15) is 0 Å². The Kier molecular flexibility index (Phi) is 3.60. The Labute approximate surface area is 114 Å². The SMILES string of the molecule is Nc1c(OC(C(F)(F)F)C(F)(F)F)ccc2cnccc12. The summed E-state index contributed by atoms with van der Waals surface area (Å²) in [4.78, 5) is 3.77. The summed E-state index contributed by atoms with van der Waals surface area (Å²) in [6.07, 6.45) is -12.4. The summed E-state index contributed by atoms with van der Waals surface area (Å²) in [5.41, 5.74) is 5.25. The van der Waals surface area contributed by atoms with Crippen molar-refractivity contribution in [3.63, 3.8) is 0 Å². The largest absolute Gasteiger partial charge is 0.469 e. The maximum Gasteiger partial charge on any atom is 0.434 e. The number of halogens is 6. The number of fused-ring (bicyclic) bond motifs is 1. The maximum absolute atomic E-state index is 12.5. The van der Waals surface area contributed by atoms with Crippen LogP contribution in [0.4, 0.5) is 32.0 Å². The van der Waals surface area contributed by atoms with E-state index >= 15 is 0 Å². The number of alkyl halides is 6. The molecule has 2 N–H and O–H groups in total. The first kappa shape index (κ1) is 15.2. The molecule has 0 saturated carbocycles. The highest BCUT2D eigenvalue weighted by Gasteiger charge is 2.59. The smallest absolute Gasteiger partial charge is 0.434 e. The number of hydrogen-bond acceptors (Lipinski definition) is 3. The Balaban J connectivity index is 2.45. The zero-order chi connectivity index (χ0) is 15.8. The number of aromatic nitrogens is 1. The van der Waals surface area contributed by atoms with Gasteiger partial charge >= 0.3 is 12.4 Å². The van der Waals surface area contributed by atoms with Gasteiger partial charge in [-0.1, -0.05) is 0 Å². The van der Waals surface area contributed by atoms with Gasteiger partial charge in [0, 0.05) is 23.2 Å². The molecule has 0 aliphatic heterocycles. The van der Waals surface area contributed by atoms with Crippen LogP contribution in [0.25, 0.3) is 10.8 Å². The van der Waals surface area contributed by atoms with Crippen LogP contribution in [-0.4, -0.2) is 23.4 Å². The van der Waals surface area contributed by atoms with Gasteiger partial charge in [-0.3, -0.25) is 4.98 Å². The number of nitrogen functional groups attached to an aromatic ring is 1. The van der Waals surface area contributed by atoms with Crippen LogP contribution in [0.2, 0.25) is 0 Å². The van der Waals surface area contributed by atoms with Crippen LogP contribution in [0.3, 0.4) is 0 Å². The third kappa shape index (κ3) is 3.11. The van der Waals surface area contributed by atoms with E-state index in [1.54, 1.807) is 0 Å². The average Bonchev–Trinajstić information content (AvgIpc) is 2.35. The predicted octanol–water partition coefficient (Wildman–Crippen LogP) is 3.69. The van der Waals surface area contributed by atoms with Crippen LogP contribution in [0.5, 0.6) is 5.75 Å². The molecule has 114 valence electrons. The Morgan fingerprint density at radius 3 is 2.19 bits per heavy atom. The summed E-state index contributed by atoms with van der Waals surface area (Å²) in [7, 11) is 0. The van der Waals surface area contributed by atoms with Gasteiger partial charge in [-0.25, -0.2) is 0 Å². The Morgan fingerprint density at radius 1 is 1.00 bits per heavy atom. The minimum absolute atomic E-state index is 0.255. The summed E-state index contributed by atoms with van der Waals surface area (Å²) in [6, 6.07) is 3.59. The molecule has 2 aromatic rings. The van der Waals surface area contributed by atoms with Gasteiger partial charge < -0.3 is 10.5 Å². The lowest BCUT2D eigenvalue weighted by atomic mass is 10.1. The Bertz CT molecular complexity index is 638. The van der Waals surface area contributed by atoms with Crippen LogP contribution in [0, 0.1) is 0 Å². The maximum atomic E-state index is 12.5. The molecule has 0 atom stereocenters. The standard InChI is InChI=1S/C12H8F6N2O/c13-11(14,15)10(12(16,17)18)21-8-2-1-6-5-20-4-3-7(6)9(8)19/h1-5,10H,19H2. The summed E-state index contributed by atoms with van der Waals surface area (Å²) in [5.74, 6) is -0.687. The first-order valence-electron chi connectivity index (χ1n) is 5.53. The third-order valence-corrected chi connectivity index (χ3v) is 2.66. The molecule has 0 bridgehead atoms. The molecule has 0 saturated heterocycles. The van der Waals surface area contributed by atoms with Crippen molar-refractivity contribution in [1.29, 1.82) is 0 Å². The number of hydrogen-bond donors (Lipinski definition) is 1. The van der Waals surface area contributed by atoms with E-state index in [1.165, 1.54) is 24.5 Å². The summed E-state index contributed by atoms with van der Waals surface area (Å²) in [6.45, 7) is 0. The second kappa shape index (κ2) is 4.97. The molecule has 9 heteroatoms. The van der Waals surface area contributed by atoms with Gasteiger partial charge in [0.15, 0.2) is 0 Å². The first-order valence-corrected chi connectivity index (χ1v) is 5.53. The third-order valence-electron chi connectivity index (χ3n) is 2.66. The number of ether oxygens (including phenoxy) is 1. The molecule has 1 aromatic carbocycles. The second-order valence-electron chi connectivity index (χ2n) is 4.16. The Morgan fingerprint density at radius 2 is 1.62 bits per heavy atom. The molecule has 1 heterocycles. The molecular formula is C12H8F6N2O. The molecule has 3 nitrogen and oxygen atoms in total. The van der Waals surface area contributed by atoms with Gasteiger partial charge in [-0.05, 0) is 18.2 Å². The van der Waals surface area contributed by atoms with E-state index in [2.05, 4.69) is 9.72 Å². The summed E-state index contributed by atoms with van der Waals surface area (Å²) >= 11 is 0. The van der Waals surface area contributed by atoms with Crippen LogP contribution >= 0.6 is 0 Å². The fourth-order valence-corrected chi connectivity index (χ4v) is 1.72. The lowest BCUT2D eigenvalue weighted by Crippen LogP contribution is -2.46. The van der Waals surface area contributed by atoms with Crippen molar-refractivity contribution in [3.8, 4) is 5.75 Å². The van der Waals surface area contributed by atoms with Crippen molar-refractivity contribution in [2.45, 2.75) is 18.5 Å². The minimum atomic E-state index is -5.60. The average molecular weight is 310 g/mol. The number of rotatable bonds is 2. The van der Waals surface area contributed by atoms with Gasteiger partial charge in [0.25, 0.3) is 6.10 Å². The molecule has 0 amide bonds. The number of pyridine rings is 1. The fraction of sp³-hybridized carbons (Fsp3) is 0.250. The zero-order valence-corrected chi connectivity index (χ0v) is 10.2. The van der Waals surface area contributed by atoms with E-state index in [1.807, 2.05) is 0 Å². The quantitative estimate of drug-likeness (QED) is 0.680. The second-order valence-corrected chi connectivity index (χ2v) is 4.16. The molecule has 0 fully saturated rings. The molecule has 2 rings (SSSR count). The molecule has 21 heavy (non-hydrogen) atoms. The lowest BCUT2D eigenvalue weighted by molar-refractivity contribution is -0.299. The highest BCUT2D eigenvalue weighted by atomic mass is 19.4. The van der Waals surface area contributed by atoms with Crippen LogP contribution in [0.15, 0.2) is 30.6 Å². The van der Waals surface area contributed by atoms with Crippen molar-refractivity contribution >= 4 is 16.5 Å².